The number of methoxy groups -OCH3 is 1. The number of nitrogens with zero attached hydrogens (tertiary/aromatic N) is 1. The Hall–Kier alpha value is -2.28. The number of rotatable bonds is 5. The Morgan fingerprint density at radius 2 is 2.29 bits per heavy atom. The minimum absolute atomic E-state index is 0.0767. The molecule has 1 aromatic carbocycles. The molecule has 0 bridgehead atoms. The van der Waals surface area contributed by atoms with E-state index in [0.29, 0.717) is 30.3 Å². The van der Waals surface area contributed by atoms with Crippen LogP contribution in [0.1, 0.15) is 6.92 Å². The van der Waals surface area contributed by atoms with Gasteiger partial charge >= 0.3 is 0 Å². The first-order chi connectivity index (χ1) is 10.0. The Kier molecular flexibility index (Phi) is 4.64. The highest BCUT2D eigenvalue weighted by atomic mass is 16.5. The van der Waals surface area contributed by atoms with E-state index in [1.807, 2.05) is 0 Å². The number of nitrogen functional groups attached to an aromatic ring is 1. The van der Waals surface area contributed by atoms with Crippen LogP contribution >= 0.6 is 0 Å². The number of benzene rings is 1. The lowest BCUT2D eigenvalue weighted by Gasteiger charge is -2.32. The predicted molar refractivity (Wildman–Crippen MR) is 78.2 cm³/mol. The Balaban J connectivity index is 2.15. The van der Waals surface area contributed by atoms with Gasteiger partial charge in [-0.2, -0.15) is 0 Å². The van der Waals surface area contributed by atoms with Gasteiger partial charge in [-0.3, -0.25) is 14.5 Å². The van der Waals surface area contributed by atoms with Gasteiger partial charge in [0.05, 0.1) is 12.3 Å². The smallest absolute Gasteiger partial charge is 0.268 e. The van der Waals surface area contributed by atoms with Gasteiger partial charge in [0.1, 0.15) is 12.3 Å². The maximum absolute atomic E-state index is 12.2. The molecule has 0 aliphatic carbocycles. The number of hydrogen-bond acceptors (Lipinski definition) is 5. The van der Waals surface area contributed by atoms with E-state index in [4.69, 9.17) is 15.2 Å². The topological polar surface area (TPSA) is 93.9 Å². The van der Waals surface area contributed by atoms with E-state index < -0.39 is 6.10 Å². The van der Waals surface area contributed by atoms with Crippen LogP contribution < -0.4 is 20.7 Å². The van der Waals surface area contributed by atoms with E-state index in [0.717, 1.165) is 0 Å². The van der Waals surface area contributed by atoms with Gasteiger partial charge < -0.3 is 20.5 Å². The number of nitrogens with one attached hydrogen (secondary N) is 1. The number of carbonyl (C=O) groups is 2. The molecule has 2 amide bonds. The predicted octanol–water partition coefficient (Wildman–Crippen LogP) is 0.145. The number of amides is 2. The first kappa shape index (κ1) is 15.1. The summed E-state index contributed by atoms with van der Waals surface area (Å²) >= 11 is 0. The average Bonchev–Trinajstić information content (AvgIpc) is 2.45. The quantitative estimate of drug-likeness (QED) is 0.595. The summed E-state index contributed by atoms with van der Waals surface area (Å²) in [5, 5.41) is 2.68. The second-order valence-electron chi connectivity index (χ2n) is 4.75. The van der Waals surface area contributed by atoms with E-state index in [1.165, 1.54) is 4.90 Å². The molecule has 1 atom stereocenters. The van der Waals surface area contributed by atoms with Gasteiger partial charge in [-0.25, -0.2) is 0 Å². The van der Waals surface area contributed by atoms with Gasteiger partial charge in [0, 0.05) is 19.3 Å². The number of fused-ring (bicyclic) bond motifs is 1. The molecule has 0 aromatic heterocycles. The van der Waals surface area contributed by atoms with Crippen LogP contribution in [0.3, 0.4) is 0 Å². The van der Waals surface area contributed by atoms with Crippen molar-refractivity contribution in [3.63, 3.8) is 0 Å². The van der Waals surface area contributed by atoms with Gasteiger partial charge in [0.2, 0.25) is 5.91 Å². The van der Waals surface area contributed by atoms with Crippen molar-refractivity contribution in [1.82, 2.24) is 5.32 Å². The summed E-state index contributed by atoms with van der Waals surface area (Å²) in [6, 6.07) is 5.02. The van der Waals surface area contributed by atoms with E-state index >= 15 is 0 Å². The molecule has 3 N–H and O–H groups in total. The molecule has 114 valence electrons. The van der Waals surface area contributed by atoms with Crippen LogP contribution in [0.25, 0.3) is 0 Å². The van der Waals surface area contributed by atoms with Crippen molar-refractivity contribution in [2.75, 3.05) is 37.4 Å². The Morgan fingerprint density at radius 1 is 1.52 bits per heavy atom. The molecular formula is C14H19N3O4. The Labute approximate surface area is 123 Å². The van der Waals surface area contributed by atoms with Gasteiger partial charge in [-0.15, -0.1) is 0 Å². The number of anilines is 2. The van der Waals surface area contributed by atoms with Crippen LogP contribution in [0.5, 0.6) is 5.75 Å². The van der Waals surface area contributed by atoms with Gasteiger partial charge in [-0.05, 0) is 25.1 Å². The molecule has 7 heteroatoms. The number of carbonyl (C=O) groups excluding carboxylic acids is 2. The molecule has 1 heterocycles. The SMILES string of the molecule is COCCNC(=O)CN1C(=O)C(C)Oc2ccc(N)cc21. The summed E-state index contributed by atoms with van der Waals surface area (Å²) in [5.41, 5.74) is 6.76. The van der Waals surface area contributed by atoms with Crippen molar-refractivity contribution in [1.29, 1.82) is 0 Å². The highest BCUT2D eigenvalue weighted by Crippen LogP contribution is 2.35. The average molecular weight is 293 g/mol. The fraction of sp³-hybridized carbons (Fsp3) is 0.429. The standard InChI is InChI=1S/C14H19N3O4/c1-9-14(19)17(8-13(18)16-5-6-20-2)11-7-10(15)3-4-12(11)21-9/h3-4,7,9H,5-6,8,15H2,1-2H3,(H,16,18). The lowest BCUT2D eigenvalue weighted by Crippen LogP contribution is -2.49. The van der Waals surface area contributed by atoms with Crippen molar-refractivity contribution in [3.8, 4) is 5.75 Å². The molecule has 21 heavy (non-hydrogen) atoms. The van der Waals surface area contributed by atoms with Crippen molar-refractivity contribution in [2.24, 2.45) is 0 Å². The van der Waals surface area contributed by atoms with Gasteiger partial charge in [-0.1, -0.05) is 0 Å². The lowest BCUT2D eigenvalue weighted by molar-refractivity contribution is -0.128. The molecule has 1 unspecified atom stereocenters. The maximum atomic E-state index is 12.2. The molecule has 0 radical (unpaired) electrons. The molecule has 1 aliphatic rings. The molecule has 0 spiro atoms. The monoisotopic (exact) mass is 293 g/mol. The summed E-state index contributed by atoms with van der Waals surface area (Å²) in [4.78, 5) is 25.5. The largest absolute Gasteiger partial charge is 0.479 e. The normalized spacial score (nSPS) is 17.1. The molecule has 1 aliphatic heterocycles. The zero-order valence-electron chi connectivity index (χ0n) is 12.1. The highest BCUT2D eigenvalue weighted by molar-refractivity contribution is 6.04. The van der Waals surface area contributed by atoms with Crippen LogP contribution in [-0.4, -0.2) is 44.7 Å². The summed E-state index contributed by atoms with van der Waals surface area (Å²) < 4.78 is 10.4. The zero-order valence-corrected chi connectivity index (χ0v) is 12.1. The second kappa shape index (κ2) is 6.45. The third-order valence-electron chi connectivity index (χ3n) is 3.12. The Morgan fingerprint density at radius 3 is 3.00 bits per heavy atom. The zero-order chi connectivity index (χ0) is 15.4. The van der Waals surface area contributed by atoms with Gasteiger partial charge in [0.25, 0.3) is 5.91 Å². The van der Waals surface area contributed by atoms with Crippen LogP contribution in [0.4, 0.5) is 11.4 Å². The van der Waals surface area contributed by atoms with Crippen molar-refractivity contribution in [2.45, 2.75) is 13.0 Å². The van der Waals surface area contributed by atoms with Crippen molar-refractivity contribution in [3.05, 3.63) is 18.2 Å². The highest BCUT2D eigenvalue weighted by Gasteiger charge is 2.32. The minimum Gasteiger partial charge on any atom is -0.479 e. The molecule has 0 saturated carbocycles. The molecule has 0 fully saturated rings. The van der Waals surface area contributed by atoms with Crippen LogP contribution in [0.2, 0.25) is 0 Å². The second-order valence-corrected chi connectivity index (χ2v) is 4.75. The van der Waals surface area contributed by atoms with Gasteiger partial charge in [0.15, 0.2) is 6.10 Å². The third-order valence-corrected chi connectivity index (χ3v) is 3.12. The number of hydrogen-bond donors (Lipinski definition) is 2. The lowest BCUT2D eigenvalue weighted by atomic mass is 10.1. The van der Waals surface area contributed by atoms with Crippen molar-refractivity contribution < 1.29 is 19.1 Å². The van der Waals surface area contributed by atoms with Crippen LogP contribution in [-0.2, 0) is 14.3 Å². The minimum atomic E-state index is -0.632. The number of ether oxygens (including phenoxy) is 2. The molecule has 0 saturated heterocycles. The summed E-state index contributed by atoms with van der Waals surface area (Å²) in [5.74, 6) is 0.0128. The molecular weight excluding hydrogens is 274 g/mol. The molecule has 7 nitrogen and oxygen atoms in total. The van der Waals surface area contributed by atoms with E-state index in [9.17, 15) is 9.59 Å². The van der Waals surface area contributed by atoms with E-state index in [-0.39, 0.29) is 18.4 Å². The van der Waals surface area contributed by atoms with E-state index in [1.54, 1.807) is 32.2 Å². The number of nitrogens with two attached hydrogens (primary N) is 1. The fourth-order valence-electron chi connectivity index (χ4n) is 2.08. The van der Waals surface area contributed by atoms with Crippen LogP contribution in [0.15, 0.2) is 18.2 Å². The van der Waals surface area contributed by atoms with Crippen molar-refractivity contribution >= 4 is 23.2 Å². The summed E-state index contributed by atoms with van der Waals surface area (Å²) in [7, 11) is 1.55. The van der Waals surface area contributed by atoms with E-state index in [2.05, 4.69) is 5.32 Å². The first-order valence-electron chi connectivity index (χ1n) is 6.66. The van der Waals surface area contributed by atoms with Crippen LogP contribution in [0, 0.1) is 0 Å². The molecule has 2 rings (SSSR count). The maximum Gasteiger partial charge on any atom is 0.268 e. The fourth-order valence-corrected chi connectivity index (χ4v) is 2.08. The summed E-state index contributed by atoms with van der Waals surface area (Å²) in [6.45, 7) is 2.39. The third kappa shape index (κ3) is 3.43. The Bertz CT molecular complexity index is 547. The molecule has 1 aromatic rings. The summed E-state index contributed by atoms with van der Waals surface area (Å²) in [6.07, 6.45) is -0.632. The first-order valence-corrected chi connectivity index (χ1v) is 6.66.